The van der Waals surface area contributed by atoms with Crippen molar-refractivity contribution in [3.05, 3.63) is 29.0 Å². The molecular formula is C14H14Br2N2O2S2. The molecule has 22 heavy (non-hydrogen) atoms. The number of nitrogens with zero attached hydrogens (tertiary/aromatic N) is 2. The molecule has 2 aliphatic carbocycles. The summed E-state index contributed by atoms with van der Waals surface area (Å²) in [6.45, 7) is 0.134. The molecule has 4 nitrogen and oxygen atoms in total. The summed E-state index contributed by atoms with van der Waals surface area (Å²) in [5.74, 6) is 1.21. The van der Waals surface area contributed by atoms with E-state index in [0.717, 1.165) is 35.3 Å². The first-order valence-corrected chi connectivity index (χ1v) is 10.2. The fourth-order valence-corrected chi connectivity index (χ4v) is 5.08. The molecule has 0 radical (unpaired) electrons. The minimum absolute atomic E-state index is 0.134. The zero-order chi connectivity index (χ0) is 15.7. The van der Waals surface area contributed by atoms with Gasteiger partial charge in [-0.15, -0.1) is 22.7 Å². The second-order valence-corrected chi connectivity index (χ2v) is 9.98. The second kappa shape index (κ2) is 7.17. The fourth-order valence-electron chi connectivity index (χ4n) is 2.17. The van der Waals surface area contributed by atoms with Gasteiger partial charge in [0.15, 0.2) is 14.1 Å². The van der Waals surface area contributed by atoms with E-state index in [-0.39, 0.29) is 6.61 Å². The summed E-state index contributed by atoms with van der Waals surface area (Å²) in [5.41, 5.74) is 2.11. The molecule has 0 amide bonds. The Bertz CT molecular complexity index is 678. The number of halogens is 2. The Morgan fingerprint density at radius 2 is 1.59 bits per heavy atom. The highest BCUT2D eigenvalue weighted by molar-refractivity contribution is 9.11. The minimum Gasteiger partial charge on any atom is -0.391 e. The van der Waals surface area contributed by atoms with E-state index in [9.17, 15) is 4.79 Å². The SMILES string of the molecule is O=Cc1sc(Br)nc1C1CC1.OCc1sc(Br)nc1C1CC1. The van der Waals surface area contributed by atoms with Gasteiger partial charge >= 0.3 is 0 Å². The molecule has 2 fully saturated rings. The molecule has 0 atom stereocenters. The quantitative estimate of drug-likeness (QED) is 0.654. The lowest BCUT2D eigenvalue weighted by molar-refractivity contribution is 0.112. The Morgan fingerprint density at radius 1 is 1.05 bits per heavy atom. The Kier molecular flexibility index (Phi) is 5.44. The molecule has 0 saturated heterocycles. The Morgan fingerprint density at radius 3 is 2.14 bits per heavy atom. The molecule has 0 aromatic carbocycles. The van der Waals surface area contributed by atoms with Crippen molar-refractivity contribution in [3.8, 4) is 0 Å². The van der Waals surface area contributed by atoms with Gasteiger partial charge in [-0.2, -0.15) is 0 Å². The predicted octanol–water partition coefficient (Wildman–Crippen LogP) is 4.87. The maximum absolute atomic E-state index is 10.5. The maximum Gasteiger partial charge on any atom is 0.161 e. The molecule has 0 aliphatic heterocycles. The number of hydrogen-bond acceptors (Lipinski definition) is 6. The van der Waals surface area contributed by atoms with E-state index >= 15 is 0 Å². The summed E-state index contributed by atoms with van der Waals surface area (Å²) in [6, 6.07) is 0. The summed E-state index contributed by atoms with van der Waals surface area (Å²) in [4.78, 5) is 20.9. The van der Waals surface area contributed by atoms with Crippen molar-refractivity contribution in [2.24, 2.45) is 0 Å². The number of carbonyl (C=O) groups excluding carboxylic acids is 1. The minimum atomic E-state index is 0.134. The van der Waals surface area contributed by atoms with E-state index in [2.05, 4.69) is 41.8 Å². The van der Waals surface area contributed by atoms with Crippen molar-refractivity contribution >= 4 is 60.8 Å². The van der Waals surface area contributed by atoms with Crippen LogP contribution in [0.1, 0.15) is 63.5 Å². The molecular weight excluding hydrogens is 452 g/mol. The number of hydrogen-bond donors (Lipinski definition) is 1. The van der Waals surface area contributed by atoms with Gasteiger partial charge in [-0.25, -0.2) is 9.97 Å². The smallest absolute Gasteiger partial charge is 0.161 e. The highest BCUT2D eigenvalue weighted by Gasteiger charge is 2.29. The Hall–Kier alpha value is -0.150. The monoisotopic (exact) mass is 464 g/mol. The number of aliphatic hydroxyl groups excluding tert-OH is 1. The number of thiazole rings is 2. The van der Waals surface area contributed by atoms with E-state index in [1.165, 1.54) is 48.4 Å². The average molecular weight is 466 g/mol. The van der Waals surface area contributed by atoms with Gasteiger partial charge in [0, 0.05) is 11.8 Å². The van der Waals surface area contributed by atoms with E-state index < -0.39 is 0 Å². The van der Waals surface area contributed by atoms with E-state index in [0.29, 0.717) is 11.8 Å². The highest BCUT2D eigenvalue weighted by Crippen LogP contribution is 2.43. The standard InChI is InChI=1S/C7H8BrNOS.C7H6BrNOS/c2*8-7-9-6(4-1-2-4)5(3-10)11-7/h4,10H,1-3H2;3-4H,1-2H2. The molecule has 0 unspecified atom stereocenters. The topological polar surface area (TPSA) is 63.1 Å². The molecule has 8 heteroatoms. The van der Waals surface area contributed by atoms with Crippen molar-refractivity contribution in [1.29, 1.82) is 0 Å². The Balaban J connectivity index is 0.000000131. The largest absolute Gasteiger partial charge is 0.391 e. The number of aliphatic hydroxyl groups is 1. The summed E-state index contributed by atoms with van der Waals surface area (Å²) >= 11 is 9.54. The third kappa shape index (κ3) is 4.03. The lowest BCUT2D eigenvalue weighted by atomic mass is 10.3. The zero-order valence-corrected chi connectivity index (χ0v) is 16.4. The third-order valence-corrected chi connectivity index (χ3v) is 6.49. The number of aldehydes is 1. The third-order valence-electron chi connectivity index (χ3n) is 3.54. The first kappa shape index (κ1) is 16.7. The number of carbonyl (C=O) groups is 1. The summed E-state index contributed by atoms with van der Waals surface area (Å²) in [7, 11) is 0. The van der Waals surface area contributed by atoms with Crippen LogP contribution in [0.2, 0.25) is 0 Å². The molecule has 0 bridgehead atoms. The zero-order valence-electron chi connectivity index (χ0n) is 11.6. The van der Waals surface area contributed by atoms with Crippen LogP contribution in [0.25, 0.3) is 0 Å². The number of aromatic nitrogens is 2. The summed E-state index contributed by atoms with van der Waals surface area (Å²) in [5, 5.41) is 8.96. The Labute approximate surface area is 153 Å². The molecule has 0 spiro atoms. The first-order valence-electron chi connectivity index (χ1n) is 6.99. The van der Waals surface area contributed by atoms with E-state index in [1.807, 2.05) is 0 Å². The van der Waals surface area contributed by atoms with Gasteiger partial charge in [-0.1, -0.05) is 0 Å². The van der Waals surface area contributed by atoms with Gasteiger partial charge in [-0.05, 0) is 57.5 Å². The van der Waals surface area contributed by atoms with E-state index in [4.69, 9.17) is 5.11 Å². The first-order chi connectivity index (χ1) is 10.6. The van der Waals surface area contributed by atoms with Crippen LogP contribution in [0.5, 0.6) is 0 Å². The van der Waals surface area contributed by atoms with Crippen LogP contribution >= 0.6 is 54.5 Å². The fraction of sp³-hybridized carbons (Fsp3) is 0.500. The molecule has 2 aromatic heterocycles. The molecule has 1 N–H and O–H groups in total. The molecule has 2 saturated carbocycles. The van der Waals surface area contributed by atoms with Crippen LogP contribution < -0.4 is 0 Å². The molecule has 118 valence electrons. The van der Waals surface area contributed by atoms with E-state index in [1.54, 1.807) is 0 Å². The van der Waals surface area contributed by atoms with Crippen LogP contribution in [0.3, 0.4) is 0 Å². The molecule has 2 aliphatic rings. The van der Waals surface area contributed by atoms with Crippen LogP contribution in [0.15, 0.2) is 7.83 Å². The molecule has 4 rings (SSSR count). The lowest BCUT2D eigenvalue weighted by Gasteiger charge is -1.92. The lowest BCUT2D eigenvalue weighted by Crippen LogP contribution is -1.86. The predicted molar refractivity (Wildman–Crippen MR) is 94.9 cm³/mol. The number of rotatable bonds is 4. The molecule has 2 heterocycles. The van der Waals surface area contributed by atoms with Gasteiger partial charge in [0.25, 0.3) is 0 Å². The molecule has 2 aromatic rings. The van der Waals surface area contributed by atoms with Crippen LogP contribution in [0, 0.1) is 0 Å². The second-order valence-electron chi connectivity index (χ2n) is 5.32. The van der Waals surface area contributed by atoms with Gasteiger partial charge in [0.1, 0.15) is 0 Å². The maximum atomic E-state index is 10.5. The van der Waals surface area contributed by atoms with Crippen molar-refractivity contribution in [2.45, 2.75) is 44.1 Å². The summed E-state index contributed by atoms with van der Waals surface area (Å²) < 4.78 is 1.71. The van der Waals surface area contributed by atoms with Crippen molar-refractivity contribution in [1.82, 2.24) is 9.97 Å². The van der Waals surface area contributed by atoms with Gasteiger partial charge in [0.05, 0.1) is 27.7 Å². The van der Waals surface area contributed by atoms with Gasteiger partial charge in [0.2, 0.25) is 0 Å². The van der Waals surface area contributed by atoms with Crippen LogP contribution in [-0.4, -0.2) is 21.4 Å². The van der Waals surface area contributed by atoms with Crippen LogP contribution in [-0.2, 0) is 6.61 Å². The van der Waals surface area contributed by atoms with Crippen molar-refractivity contribution in [2.75, 3.05) is 0 Å². The van der Waals surface area contributed by atoms with Gasteiger partial charge in [-0.3, -0.25) is 4.79 Å². The normalized spacial score (nSPS) is 17.0. The van der Waals surface area contributed by atoms with Gasteiger partial charge < -0.3 is 5.11 Å². The summed E-state index contributed by atoms with van der Waals surface area (Å²) in [6.07, 6.45) is 5.76. The average Bonchev–Trinajstić information content (AvgIpc) is 3.43. The van der Waals surface area contributed by atoms with Crippen LogP contribution in [0.4, 0.5) is 0 Å². The van der Waals surface area contributed by atoms with Crippen molar-refractivity contribution in [3.63, 3.8) is 0 Å². The van der Waals surface area contributed by atoms with Crippen molar-refractivity contribution < 1.29 is 9.90 Å². The highest BCUT2D eigenvalue weighted by atomic mass is 79.9.